The van der Waals surface area contributed by atoms with E-state index >= 15 is 4.39 Å². The van der Waals surface area contributed by atoms with Crippen LogP contribution in [-0.4, -0.2) is 51.4 Å². The Kier molecular flexibility index (Phi) is 10.2. The highest BCUT2D eigenvalue weighted by molar-refractivity contribution is 6.39. The third-order valence-electron chi connectivity index (χ3n) is 10.1. The summed E-state index contributed by atoms with van der Waals surface area (Å²) in [7, 11) is 0. The molecule has 1 saturated carbocycles. The molecule has 1 N–H and O–H groups in total. The monoisotopic (exact) mass is 697 g/mol. The second-order valence-electron chi connectivity index (χ2n) is 13.9. The molecule has 0 radical (unpaired) electrons. The van der Waals surface area contributed by atoms with Crippen molar-refractivity contribution < 1.29 is 9.18 Å². The van der Waals surface area contributed by atoms with Crippen molar-refractivity contribution in [2.24, 2.45) is 0 Å². The number of carbonyl (C=O) groups is 1. The first kappa shape index (κ1) is 33.9. The Morgan fingerprint density at radius 3 is 2.43 bits per heavy atom. The highest BCUT2D eigenvalue weighted by atomic mass is 35.5. The number of halogens is 3. The summed E-state index contributed by atoms with van der Waals surface area (Å²) in [5.41, 5.74) is 7.61. The predicted molar refractivity (Wildman–Crippen MR) is 198 cm³/mol. The van der Waals surface area contributed by atoms with Crippen LogP contribution in [0.25, 0.3) is 23.0 Å². The minimum Gasteiger partial charge on any atom is -0.319 e. The number of hydrogen-bond acceptors (Lipinski definition) is 5. The zero-order valence-corrected chi connectivity index (χ0v) is 29.6. The van der Waals surface area contributed by atoms with Crippen molar-refractivity contribution in [2.45, 2.75) is 77.4 Å². The molecule has 0 bridgehead atoms. The maximum atomic E-state index is 15.6. The molecular weight excluding hydrogens is 656 g/mol. The molecule has 1 saturated heterocycles. The quantitative estimate of drug-likeness (QED) is 0.189. The first-order valence-corrected chi connectivity index (χ1v) is 18.2. The summed E-state index contributed by atoms with van der Waals surface area (Å²) in [4.78, 5) is 27.4. The van der Waals surface area contributed by atoms with Crippen molar-refractivity contribution in [3.8, 4) is 11.1 Å². The molecule has 49 heavy (non-hydrogen) atoms. The van der Waals surface area contributed by atoms with Crippen LogP contribution < -0.4 is 5.32 Å². The molecule has 7 rings (SSSR count). The van der Waals surface area contributed by atoms with Gasteiger partial charge in [-0.25, -0.2) is 4.39 Å². The van der Waals surface area contributed by atoms with E-state index in [1.54, 1.807) is 18.3 Å². The number of piperidine rings is 1. The summed E-state index contributed by atoms with van der Waals surface area (Å²) in [6.45, 7) is 9.24. The van der Waals surface area contributed by atoms with E-state index in [1.807, 2.05) is 42.6 Å². The zero-order valence-electron chi connectivity index (χ0n) is 28.1. The Balaban J connectivity index is 1.10. The van der Waals surface area contributed by atoms with Crippen molar-refractivity contribution in [2.75, 3.05) is 25.0 Å². The lowest BCUT2D eigenvalue weighted by Gasteiger charge is -2.31. The molecule has 2 aromatic carbocycles. The summed E-state index contributed by atoms with van der Waals surface area (Å²) in [5, 5.41) is 3.67. The van der Waals surface area contributed by atoms with Gasteiger partial charge in [-0.2, -0.15) is 0 Å². The molecule has 0 unspecified atom stereocenters. The van der Waals surface area contributed by atoms with E-state index in [0.717, 1.165) is 63.1 Å². The van der Waals surface area contributed by atoms with Crippen LogP contribution in [0.1, 0.15) is 95.9 Å². The van der Waals surface area contributed by atoms with Crippen molar-refractivity contribution in [1.29, 1.82) is 0 Å². The molecule has 0 spiro atoms. The molecule has 1 aliphatic carbocycles. The number of aromatic nitrogens is 2. The Bertz CT molecular complexity index is 1900. The standard InChI is InChI=1S/C40H42Cl2FN5O/c1-25(2)48-17-14-27-19-36(44-21-29(27)24-48)34(43)18-28-8-6-9-31(38(28)41)32-10-7-11-35(39(32)42)46-40(49)37-20-33(26-12-13-26)30(22-45-37)23-47-15-4-3-5-16-47/h6-11,18-22,25-26H,3-5,12-17,23-24H2,1-2H3,(H,46,49)/b34-18-. The average molecular weight is 699 g/mol. The maximum absolute atomic E-state index is 15.6. The van der Waals surface area contributed by atoms with Crippen LogP contribution >= 0.6 is 23.2 Å². The molecule has 3 aliphatic rings. The number of pyridine rings is 2. The second kappa shape index (κ2) is 14.7. The third kappa shape index (κ3) is 7.60. The topological polar surface area (TPSA) is 61.4 Å². The third-order valence-corrected chi connectivity index (χ3v) is 10.9. The molecule has 6 nitrogen and oxygen atoms in total. The van der Waals surface area contributed by atoms with E-state index in [1.165, 1.54) is 36.5 Å². The van der Waals surface area contributed by atoms with Crippen LogP contribution in [0.15, 0.2) is 60.9 Å². The lowest BCUT2D eigenvalue weighted by Crippen LogP contribution is -2.36. The van der Waals surface area contributed by atoms with Crippen LogP contribution in [-0.2, 0) is 19.5 Å². The van der Waals surface area contributed by atoms with Gasteiger partial charge < -0.3 is 5.32 Å². The summed E-state index contributed by atoms with van der Waals surface area (Å²) in [6.07, 6.45) is 12.0. The van der Waals surface area contributed by atoms with Crippen LogP contribution in [0.4, 0.5) is 10.1 Å². The van der Waals surface area contributed by atoms with Gasteiger partial charge in [0.15, 0.2) is 0 Å². The largest absolute Gasteiger partial charge is 0.319 e. The van der Waals surface area contributed by atoms with Gasteiger partial charge in [-0.05, 0) is 117 Å². The van der Waals surface area contributed by atoms with Gasteiger partial charge in [0.05, 0.1) is 21.4 Å². The normalized spacial score (nSPS) is 17.3. The minimum atomic E-state index is -0.458. The van der Waals surface area contributed by atoms with Gasteiger partial charge in [-0.3, -0.25) is 24.6 Å². The van der Waals surface area contributed by atoms with Crippen LogP contribution in [0, 0.1) is 0 Å². The molecule has 2 fully saturated rings. The maximum Gasteiger partial charge on any atom is 0.274 e. The number of rotatable bonds is 9. The van der Waals surface area contributed by atoms with Gasteiger partial charge >= 0.3 is 0 Å². The molecule has 9 heteroatoms. The number of fused-ring (bicyclic) bond motifs is 1. The minimum absolute atomic E-state index is 0.291. The SMILES string of the molecule is CC(C)N1CCc2cc(/C(F)=C/c3cccc(-c4cccc(NC(=O)c5cc(C6CC6)c(CN6CCCCC6)cn5)c4Cl)c3Cl)ncc2C1. The van der Waals surface area contributed by atoms with Gasteiger partial charge in [-0.15, -0.1) is 0 Å². The number of carbonyl (C=O) groups excluding carboxylic acids is 1. The number of nitrogens with one attached hydrogen (secondary N) is 1. The van der Waals surface area contributed by atoms with Crippen LogP contribution in [0.5, 0.6) is 0 Å². The molecule has 4 aromatic rings. The number of likely N-dealkylation sites (tertiary alicyclic amines) is 1. The van der Waals surface area contributed by atoms with E-state index < -0.39 is 5.83 Å². The van der Waals surface area contributed by atoms with E-state index in [9.17, 15) is 4.79 Å². The van der Waals surface area contributed by atoms with E-state index in [-0.39, 0.29) is 5.91 Å². The molecule has 2 aliphatic heterocycles. The fourth-order valence-corrected chi connectivity index (χ4v) is 7.58. The van der Waals surface area contributed by atoms with Gasteiger partial charge in [0, 0.05) is 49.2 Å². The summed E-state index contributed by atoms with van der Waals surface area (Å²) < 4.78 is 15.6. The molecule has 2 aromatic heterocycles. The number of amides is 1. The second-order valence-corrected chi connectivity index (χ2v) is 14.6. The molecule has 0 atom stereocenters. The predicted octanol–water partition coefficient (Wildman–Crippen LogP) is 9.80. The van der Waals surface area contributed by atoms with E-state index in [2.05, 4.69) is 38.9 Å². The first-order chi connectivity index (χ1) is 23.7. The van der Waals surface area contributed by atoms with Gasteiger partial charge in [0.2, 0.25) is 0 Å². The molecular formula is C40H42Cl2FN5O. The summed E-state index contributed by atoms with van der Waals surface area (Å²) in [6, 6.07) is 15.1. The molecule has 1 amide bonds. The summed E-state index contributed by atoms with van der Waals surface area (Å²) >= 11 is 13.8. The molecule has 254 valence electrons. The van der Waals surface area contributed by atoms with E-state index in [0.29, 0.717) is 55.8 Å². The van der Waals surface area contributed by atoms with Gasteiger partial charge in [0.1, 0.15) is 11.5 Å². The summed E-state index contributed by atoms with van der Waals surface area (Å²) in [5.74, 6) is -0.279. The van der Waals surface area contributed by atoms with Crippen LogP contribution in [0.2, 0.25) is 10.0 Å². The smallest absolute Gasteiger partial charge is 0.274 e. The highest BCUT2D eigenvalue weighted by Crippen LogP contribution is 2.43. The first-order valence-electron chi connectivity index (χ1n) is 17.4. The number of nitrogens with zero attached hydrogens (tertiary/aromatic N) is 4. The Labute approximate surface area is 298 Å². The zero-order chi connectivity index (χ0) is 34.1. The van der Waals surface area contributed by atoms with Gasteiger partial charge in [0.25, 0.3) is 5.91 Å². The Morgan fingerprint density at radius 1 is 0.939 bits per heavy atom. The van der Waals surface area contributed by atoms with Crippen molar-refractivity contribution in [3.63, 3.8) is 0 Å². The number of hydrogen-bond donors (Lipinski definition) is 1. The average Bonchev–Trinajstić information content (AvgIpc) is 3.96. The number of anilines is 1. The van der Waals surface area contributed by atoms with Gasteiger partial charge in [-0.1, -0.05) is 60.0 Å². The lowest BCUT2D eigenvalue weighted by molar-refractivity contribution is 0.102. The Morgan fingerprint density at radius 2 is 1.67 bits per heavy atom. The van der Waals surface area contributed by atoms with Crippen molar-refractivity contribution in [3.05, 3.63) is 110 Å². The number of benzene rings is 2. The Hall–Kier alpha value is -3.62. The fraction of sp³-hybridized carbons (Fsp3) is 0.375. The molecule has 4 heterocycles. The van der Waals surface area contributed by atoms with Crippen molar-refractivity contribution >= 4 is 46.7 Å². The highest BCUT2D eigenvalue weighted by Gasteiger charge is 2.28. The van der Waals surface area contributed by atoms with Crippen LogP contribution in [0.3, 0.4) is 0 Å². The fourth-order valence-electron chi connectivity index (χ4n) is 7.02. The lowest BCUT2D eigenvalue weighted by atomic mass is 9.99. The van der Waals surface area contributed by atoms with E-state index in [4.69, 9.17) is 23.2 Å². The van der Waals surface area contributed by atoms with Crippen molar-refractivity contribution in [1.82, 2.24) is 19.8 Å².